The molecule has 0 aromatic heterocycles. The van der Waals surface area contributed by atoms with Gasteiger partial charge in [0.1, 0.15) is 0 Å². The molecule has 0 heterocycles. The standard InChI is InChI=1S/C11H24N2O2S/c12-8-4-10-16(14,15)13-9-3-7-11-5-1-2-6-11/h11,13H,1-10,12H2. The van der Waals surface area contributed by atoms with E-state index in [-0.39, 0.29) is 5.75 Å². The third kappa shape index (κ3) is 5.82. The summed E-state index contributed by atoms with van der Waals surface area (Å²) in [5.74, 6) is 1.00. The maximum atomic E-state index is 11.4. The summed E-state index contributed by atoms with van der Waals surface area (Å²) in [5, 5.41) is 0. The van der Waals surface area contributed by atoms with Gasteiger partial charge in [0.15, 0.2) is 0 Å². The summed E-state index contributed by atoms with van der Waals surface area (Å²) in [6.07, 6.45) is 8.05. The number of nitrogens with two attached hydrogens (primary N) is 1. The van der Waals surface area contributed by atoms with E-state index >= 15 is 0 Å². The van der Waals surface area contributed by atoms with E-state index in [4.69, 9.17) is 5.73 Å². The van der Waals surface area contributed by atoms with Crippen LogP contribution >= 0.6 is 0 Å². The van der Waals surface area contributed by atoms with Crippen molar-refractivity contribution in [2.45, 2.75) is 44.9 Å². The SMILES string of the molecule is NCCCS(=O)(=O)NCCCC1CCCC1. The zero-order chi connectivity index (χ0) is 11.9. The third-order valence-corrected chi connectivity index (χ3v) is 4.67. The fourth-order valence-electron chi connectivity index (χ4n) is 2.26. The summed E-state index contributed by atoms with van der Waals surface area (Å²) < 4.78 is 25.5. The number of nitrogens with one attached hydrogen (secondary N) is 1. The van der Waals surface area contributed by atoms with Gasteiger partial charge in [0.2, 0.25) is 10.0 Å². The Hall–Kier alpha value is -0.130. The second-order valence-electron chi connectivity index (χ2n) is 4.65. The molecule has 1 fully saturated rings. The van der Waals surface area contributed by atoms with Gasteiger partial charge in [-0.2, -0.15) is 0 Å². The van der Waals surface area contributed by atoms with Crippen LogP contribution < -0.4 is 10.5 Å². The molecule has 3 N–H and O–H groups in total. The van der Waals surface area contributed by atoms with E-state index in [0.717, 1.165) is 12.3 Å². The van der Waals surface area contributed by atoms with Crippen LogP contribution in [0, 0.1) is 5.92 Å². The molecule has 16 heavy (non-hydrogen) atoms. The first-order chi connectivity index (χ1) is 7.64. The summed E-state index contributed by atoms with van der Waals surface area (Å²) in [7, 11) is -3.07. The largest absolute Gasteiger partial charge is 0.330 e. The van der Waals surface area contributed by atoms with Crippen molar-refractivity contribution in [3.05, 3.63) is 0 Å². The van der Waals surface area contributed by atoms with Crippen molar-refractivity contribution < 1.29 is 8.42 Å². The summed E-state index contributed by atoms with van der Waals surface area (Å²) in [6, 6.07) is 0. The highest BCUT2D eigenvalue weighted by molar-refractivity contribution is 7.89. The third-order valence-electron chi connectivity index (χ3n) is 3.20. The second-order valence-corrected chi connectivity index (χ2v) is 6.57. The van der Waals surface area contributed by atoms with Crippen LogP contribution in [0.4, 0.5) is 0 Å². The molecular formula is C11H24N2O2S. The maximum absolute atomic E-state index is 11.4. The Bertz CT molecular complexity index is 272. The number of hydrogen-bond acceptors (Lipinski definition) is 3. The van der Waals surface area contributed by atoms with Gasteiger partial charge in [-0.3, -0.25) is 0 Å². The van der Waals surface area contributed by atoms with Crippen LogP contribution in [-0.2, 0) is 10.0 Å². The molecule has 0 atom stereocenters. The van der Waals surface area contributed by atoms with Gasteiger partial charge in [0.25, 0.3) is 0 Å². The highest BCUT2D eigenvalue weighted by Crippen LogP contribution is 2.28. The molecule has 0 aliphatic heterocycles. The number of rotatable bonds is 8. The molecule has 4 nitrogen and oxygen atoms in total. The van der Waals surface area contributed by atoms with Crippen LogP contribution in [-0.4, -0.2) is 27.3 Å². The first-order valence-corrected chi connectivity index (χ1v) is 7.96. The molecule has 0 bridgehead atoms. The van der Waals surface area contributed by atoms with E-state index in [1.54, 1.807) is 0 Å². The predicted octanol–water partition coefficient (Wildman–Crippen LogP) is 1.22. The monoisotopic (exact) mass is 248 g/mol. The summed E-state index contributed by atoms with van der Waals surface area (Å²) in [6.45, 7) is 1.02. The molecule has 0 spiro atoms. The fourth-order valence-corrected chi connectivity index (χ4v) is 3.41. The van der Waals surface area contributed by atoms with Gasteiger partial charge >= 0.3 is 0 Å². The molecule has 5 heteroatoms. The van der Waals surface area contributed by atoms with E-state index in [1.165, 1.54) is 32.1 Å². The van der Waals surface area contributed by atoms with Gasteiger partial charge < -0.3 is 5.73 Å². The predicted molar refractivity (Wildman–Crippen MR) is 66.7 cm³/mol. The number of hydrogen-bond donors (Lipinski definition) is 2. The molecule has 0 radical (unpaired) electrons. The fraction of sp³-hybridized carbons (Fsp3) is 1.00. The van der Waals surface area contributed by atoms with Crippen molar-refractivity contribution in [2.24, 2.45) is 11.7 Å². The van der Waals surface area contributed by atoms with Crippen LogP contribution in [0.2, 0.25) is 0 Å². The molecule has 1 rings (SSSR count). The van der Waals surface area contributed by atoms with Crippen molar-refractivity contribution in [1.29, 1.82) is 0 Å². The average Bonchev–Trinajstić information content (AvgIpc) is 2.75. The zero-order valence-electron chi connectivity index (χ0n) is 9.95. The molecule has 0 aromatic rings. The minimum absolute atomic E-state index is 0.160. The lowest BCUT2D eigenvalue weighted by Gasteiger charge is -2.09. The Morgan fingerprint density at radius 3 is 2.50 bits per heavy atom. The van der Waals surface area contributed by atoms with Gasteiger partial charge in [-0.05, 0) is 31.7 Å². The summed E-state index contributed by atoms with van der Waals surface area (Å²) in [5.41, 5.74) is 5.28. The van der Waals surface area contributed by atoms with Crippen molar-refractivity contribution in [2.75, 3.05) is 18.8 Å². The number of sulfonamides is 1. The Labute approximate surface area is 99.0 Å². The summed E-state index contributed by atoms with van der Waals surface area (Å²) >= 11 is 0. The van der Waals surface area contributed by atoms with Crippen molar-refractivity contribution in [3.63, 3.8) is 0 Å². The van der Waals surface area contributed by atoms with Gasteiger partial charge in [0, 0.05) is 6.54 Å². The Balaban J connectivity index is 2.05. The van der Waals surface area contributed by atoms with E-state index in [2.05, 4.69) is 4.72 Å². The first-order valence-electron chi connectivity index (χ1n) is 6.31. The summed E-state index contributed by atoms with van der Waals surface area (Å²) in [4.78, 5) is 0. The second kappa shape index (κ2) is 7.25. The Morgan fingerprint density at radius 1 is 1.19 bits per heavy atom. The van der Waals surface area contributed by atoms with Crippen molar-refractivity contribution >= 4 is 10.0 Å². The Morgan fingerprint density at radius 2 is 1.88 bits per heavy atom. The van der Waals surface area contributed by atoms with Crippen LogP contribution in [0.1, 0.15) is 44.9 Å². The molecule has 0 unspecified atom stereocenters. The lowest BCUT2D eigenvalue weighted by atomic mass is 10.0. The minimum atomic E-state index is -3.07. The van der Waals surface area contributed by atoms with Gasteiger partial charge in [-0.15, -0.1) is 0 Å². The van der Waals surface area contributed by atoms with Gasteiger partial charge in [-0.25, -0.2) is 13.1 Å². The Kier molecular flexibility index (Phi) is 6.31. The first kappa shape index (κ1) is 13.9. The lowest BCUT2D eigenvalue weighted by Crippen LogP contribution is -2.28. The minimum Gasteiger partial charge on any atom is -0.330 e. The molecule has 1 saturated carbocycles. The smallest absolute Gasteiger partial charge is 0.211 e. The topological polar surface area (TPSA) is 72.2 Å². The molecule has 0 saturated heterocycles. The van der Waals surface area contributed by atoms with Crippen LogP contribution in [0.25, 0.3) is 0 Å². The van der Waals surface area contributed by atoms with E-state index in [1.807, 2.05) is 0 Å². The van der Waals surface area contributed by atoms with Crippen LogP contribution in [0.3, 0.4) is 0 Å². The molecule has 0 amide bonds. The van der Waals surface area contributed by atoms with Crippen LogP contribution in [0.5, 0.6) is 0 Å². The van der Waals surface area contributed by atoms with E-state index in [0.29, 0.717) is 19.5 Å². The molecular weight excluding hydrogens is 224 g/mol. The van der Waals surface area contributed by atoms with Gasteiger partial charge in [-0.1, -0.05) is 25.7 Å². The average molecular weight is 248 g/mol. The lowest BCUT2D eigenvalue weighted by molar-refractivity contribution is 0.480. The van der Waals surface area contributed by atoms with Crippen molar-refractivity contribution in [3.8, 4) is 0 Å². The normalized spacial score (nSPS) is 18.1. The van der Waals surface area contributed by atoms with E-state index < -0.39 is 10.0 Å². The van der Waals surface area contributed by atoms with Crippen molar-refractivity contribution in [1.82, 2.24) is 4.72 Å². The van der Waals surface area contributed by atoms with Crippen LogP contribution in [0.15, 0.2) is 0 Å². The molecule has 96 valence electrons. The molecule has 0 aromatic carbocycles. The zero-order valence-corrected chi connectivity index (χ0v) is 10.8. The van der Waals surface area contributed by atoms with Gasteiger partial charge in [0.05, 0.1) is 5.75 Å². The highest BCUT2D eigenvalue weighted by Gasteiger charge is 2.14. The molecule has 1 aliphatic rings. The highest BCUT2D eigenvalue weighted by atomic mass is 32.2. The van der Waals surface area contributed by atoms with E-state index in [9.17, 15) is 8.42 Å². The quantitative estimate of drug-likeness (QED) is 0.635. The maximum Gasteiger partial charge on any atom is 0.211 e. The molecule has 1 aliphatic carbocycles.